The van der Waals surface area contributed by atoms with Crippen molar-refractivity contribution in [2.45, 2.75) is 19.6 Å². The largest absolute Gasteiger partial charge is 0.434 e. The third-order valence-electron chi connectivity index (χ3n) is 3.06. The minimum absolute atomic E-state index is 0.0856. The van der Waals surface area contributed by atoms with E-state index in [1.165, 1.54) is 0 Å². The van der Waals surface area contributed by atoms with Crippen molar-refractivity contribution in [3.05, 3.63) is 16.1 Å². The summed E-state index contributed by atoms with van der Waals surface area (Å²) >= 11 is 0.972. The number of rotatable bonds is 4. The molecule has 0 aliphatic carbocycles. The maximum absolute atomic E-state index is 12.4. The molecule has 0 saturated carbocycles. The number of halogens is 3. The van der Waals surface area contributed by atoms with E-state index in [0.717, 1.165) is 16.7 Å². The number of hydrogen-bond donors (Lipinski definition) is 2. The quantitative estimate of drug-likeness (QED) is 0.656. The summed E-state index contributed by atoms with van der Waals surface area (Å²) < 4.78 is 42.5. The lowest BCUT2D eigenvalue weighted by Gasteiger charge is -2.38. The molecule has 0 aromatic carbocycles. The predicted molar refractivity (Wildman–Crippen MR) is 74.2 cm³/mol. The Balaban J connectivity index is 1.81. The standard InChI is InChI=1S/C12H17F3N4OS/c1-11(6-20-7-11)5-18-10(16-2)17-3-9-19-8(4-21-9)12(13,14)15/h4H,3,5-7H2,1-2H3,(H2,16,17,18). The first kappa shape index (κ1) is 16.0. The van der Waals surface area contributed by atoms with Gasteiger partial charge in [-0.25, -0.2) is 4.98 Å². The van der Waals surface area contributed by atoms with Crippen LogP contribution in [0.4, 0.5) is 13.2 Å². The highest BCUT2D eigenvalue weighted by molar-refractivity contribution is 7.09. The molecule has 0 bridgehead atoms. The highest BCUT2D eigenvalue weighted by atomic mass is 32.1. The molecule has 0 unspecified atom stereocenters. The Kier molecular flexibility index (Phi) is 4.72. The SMILES string of the molecule is CN=C(NCc1nc(C(F)(F)F)cs1)NCC1(C)COC1. The van der Waals surface area contributed by atoms with Gasteiger partial charge in [0.25, 0.3) is 0 Å². The monoisotopic (exact) mass is 322 g/mol. The molecular weight excluding hydrogens is 305 g/mol. The van der Waals surface area contributed by atoms with Gasteiger partial charge < -0.3 is 15.4 Å². The summed E-state index contributed by atoms with van der Waals surface area (Å²) in [7, 11) is 1.61. The number of nitrogens with one attached hydrogen (secondary N) is 2. The molecular formula is C12H17F3N4OS. The molecule has 1 saturated heterocycles. The van der Waals surface area contributed by atoms with Gasteiger partial charge in [0.2, 0.25) is 0 Å². The van der Waals surface area contributed by atoms with Gasteiger partial charge in [-0.2, -0.15) is 13.2 Å². The van der Waals surface area contributed by atoms with Gasteiger partial charge in [-0.1, -0.05) is 6.92 Å². The summed E-state index contributed by atoms with van der Waals surface area (Å²) in [5.41, 5.74) is -0.770. The molecule has 1 aromatic rings. The molecule has 5 nitrogen and oxygen atoms in total. The van der Waals surface area contributed by atoms with E-state index < -0.39 is 11.9 Å². The second-order valence-corrected chi connectivity index (χ2v) is 6.15. The fourth-order valence-electron chi connectivity index (χ4n) is 1.75. The smallest absolute Gasteiger partial charge is 0.380 e. The highest BCUT2D eigenvalue weighted by Gasteiger charge is 2.34. The van der Waals surface area contributed by atoms with E-state index in [2.05, 4.69) is 27.5 Å². The number of thiazole rings is 1. The van der Waals surface area contributed by atoms with Gasteiger partial charge in [-0.05, 0) is 0 Å². The summed E-state index contributed by atoms with van der Waals surface area (Å²) in [6, 6.07) is 0. The molecule has 0 atom stereocenters. The third kappa shape index (κ3) is 4.31. The van der Waals surface area contributed by atoms with Crippen molar-refractivity contribution in [2.75, 3.05) is 26.8 Å². The Morgan fingerprint density at radius 2 is 2.19 bits per heavy atom. The number of nitrogens with zero attached hydrogens (tertiary/aromatic N) is 2. The van der Waals surface area contributed by atoms with Crippen LogP contribution < -0.4 is 10.6 Å². The van der Waals surface area contributed by atoms with Crippen molar-refractivity contribution < 1.29 is 17.9 Å². The fraction of sp³-hybridized carbons (Fsp3) is 0.667. The van der Waals surface area contributed by atoms with Gasteiger partial charge in [-0.3, -0.25) is 4.99 Å². The molecule has 1 aliphatic rings. The Hall–Kier alpha value is -1.35. The molecule has 2 rings (SSSR count). The van der Waals surface area contributed by atoms with Crippen LogP contribution in [0.3, 0.4) is 0 Å². The van der Waals surface area contributed by atoms with Crippen molar-refractivity contribution in [1.82, 2.24) is 15.6 Å². The predicted octanol–water partition coefficient (Wildman–Crippen LogP) is 1.86. The second kappa shape index (κ2) is 6.18. The Labute approximate surface area is 124 Å². The molecule has 2 heterocycles. The minimum atomic E-state index is -4.40. The number of aliphatic imine (C=N–C) groups is 1. The van der Waals surface area contributed by atoms with Gasteiger partial charge in [-0.15, -0.1) is 11.3 Å². The first-order valence-corrected chi connectivity index (χ1v) is 7.24. The molecule has 1 aromatic heterocycles. The molecule has 1 fully saturated rings. The first-order chi connectivity index (χ1) is 9.82. The van der Waals surface area contributed by atoms with Crippen molar-refractivity contribution >= 4 is 17.3 Å². The topological polar surface area (TPSA) is 58.5 Å². The zero-order valence-corrected chi connectivity index (χ0v) is 12.6. The summed E-state index contributed by atoms with van der Waals surface area (Å²) in [5, 5.41) is 7.46. The maximum atomic E-state index is 12.4. The molecule has 2 N–H and O–H groups in total. The van der Waals surface area contributed by atoms with E-state index in [9.17, 15) is 13.2 Å². The van der Waals surface area contributed by atoms with Crippen LogP contribution >= 0.6 is 11.3 Å². The van der Waals surface area contributed by atoms with Gasteiger partial charge in [0.15, 0.2) is 11.7 Å². The van der Waals surface area contributed by atoms with Crippen LogP contribution in [0.1, 0.15) is 17.6 Å². The molecule has 9 heteroatoms. The summed E-state index contributed by atoms with van der Waals surface area (Å²) in [5.74, 6) is 0.534. The normalized spacial score (nSPS) is 18.2. The van der Waals surface area contributed by atoms with Crippen molar-refractivity contribution in [3.63, 3.8) is 0 Å². The van der Waals surface area contributed by atoms with Crippen LogP contribution in [-0.4, -0.2) is 37.7 Å². The first-order valence-electron chi connectivity index (χ1n) is 6.36. The molecule has 118 valence electrons. The van der Waals surface area contributed by atoms with Gasteiger partial charge in [0, 0.05) is 24.4 Å². The lowest BCUT2D eigenvalue weighted by molar-refractivity contribution is -0.140. The molecule has 0 radical (unpaired) electrons. The summed E-state index contributed by atoms with van der Waals surface area (Å²) in [6.45, 7) is 4.37. The van der Waals surface area contributed by atoms with Crippen LogP contribution in [-0.2, 0) is 17.5 Å². The third-order valence-corrected chi connectivity index (χ3v) is 3.91. The fourth-order valence-corrected chi connectivity index (χ4v) is 2.49. The second-order valence-electron chi connectivity index (χ2n) is 5.21. The van der Waals surface area contributed by atoms with Crippen LogP contribution in [0.5, 0.6) is 0 Å². The van der Waals surface area contributed by atoms with Gasteiger partial charge in [0.05, 0.1) is 19.8 Å². The van der Waals surface area contributed by atoms with Crippen molar-refractivity contribution in [1.29, 1.82) is 0 Å². The van der Waals surface area contributed by atoms with Crippen LogP contribution in [0, 0.1) is 5.41 Å². The zero-order valence-electron chi connectivity index (χ0n) is 11.8. The van der Waals surface area contributed by atoms with Gasteiger partial charge >= 0.3 is 6.18 Å². The van der Waals surface area contributed by atoms with Gasteiger partial charge in [0.1, 0.15) is 5.01 Å². The Bertz CT molecular complexity index is 511. The van der Waals surface area contributed by atoms with E-state index in [4.69, 9.17) is 4.74 Å². The van der Waals surface area contributed by atoms with E-state index in [0.29, 0.717) is 30.7 Å². The van der Waals surface area contributed by atoms with E-state index in [1.54, 1.807) is 7.05 Å². The molecule has 0 amide bonds. The zero-order chi connectivity index (χ0) is 15.5. The average Bonchev–Trinajstić information content (AvgIpc) is 2.85. The van der Waals surface area contributed by atoms with Crippen molar-refractivity contribution in [3.8, 4) is 0 Å². The minimum Gasteiger partial charge on any atom is -0.380 e. The lowest BCUT2D eigenvalue weighted by Crippen LogP contribution is -2.50. The van der Waals surface area contributed by atoms with Crippen molar-refractivity contribution in [2.24, 2.45) is 10.4 Å². The number of alkyl halides is 3. The van der Waals surface area contributed by atoms with Crippen LogP contribution in [0.2, 0.25) is 0 Å². The van der Waals surface area contributed by atoms with Crippen LogP contribution in [0.15, 0.2) is 10.4 Å². The Morgan fingerprint density at radius 1 is 1.48 bits per heavy atom. The highest BCUT2D eigenvalue weighted by Crippen LogP contribution is 2.30. The summed E-state index contributed by atoms with van der Waals surface area (Å²) in [6.07, 6.45) is -4.40. The maximum Gasteiger partial charge on any atom is 0.434 e. The number of hydrogen-bond acceptors (Lipinski definition) is 4. The van der Waals surface area contributed by atoms with E-state index in [-0.39, 0.29) is 12.0 Å². The average molecular weight is 322 g/mol. The van der Waals surface area contributed by atoms with E-state index >= 15 is 0 Å². The number of guanidine groups is 1. The molecule has 1 aliphatic heterocycles. The number of ether oxygens (including phenoxy) is 1. The summed E-state index contributed by atoms with van der Waals surface area (Å²) in [4.78, 5) is 7.58. The number of aromatic nitrogens is 1. The molecule has 0 spiro atoms. The Morgan fingerprint density at radius 3 is 2.67 bits per heavy atom. The molecule has 21 heavy (non-hydrogen) atoms. The lowest BCUT2D eigenvalue weighted by atomic mass is 9.89. The van der Waals surface area contributed by atoms with E-state index in [1.807, 2.05) is 0 Å². The van der Waals surface area contributed by atoms with Crippen LogP contribution in [0.25, 0.3) is 0 Å².